The molecule has 2 aromatic carbocycles. The maximum atomic E-state index is 12.7. The third-order valence-electron chi connectivity index (χ3n) is 5.41. The van der Waals surface area contributed by atoms with E-state index in [9.17, 15) is 9.59 Å². The Balaban J connectivity index is 1.58. The molecule has 1 saturated heterocycles. The van der Waals surface area contributed by atoms with Crippen molar-refractivity contribution >= 4 is 34.9 Å². The Hall–Kier alpha value is -2.97. The summed E-state index contributed by atoms with van der Waals surface area (Å²) in [5.41, 5.74) is 3.48. The van der Waals surface area contributed by atoms with Gasteiger partial charge in [0.15, 0.2) is 0 Å². The number of hydrogen-bond acceptors (Lipinski definition) is 7. The van der Waals surface area contributed by atoms with Gasteiger partial charge in [-0.2, -0.15) is 0 Å². The van der Waals surface area contributed by atoms with Crippen LogP contribution in [0.2, 0.25) is 0 Å². The lowest BCUT2D eigenvalue weighted by Crippen LogP contribution is -2.30. The third-order valence-corrected chi connectivity index (χ3v) is 5.95. The Labute approximate surface area is 185 Å². The molecule has 2 heterocycles. The fourth-order valence-corrected chi connectivity index (χ4v) is 4.11. The van der Waals surface area contributed by atoms with E-state index < -0.39 is 0 Å². The highest BCUT2D eigenvalue weighted by atomic mass is 32.2. The standard InChI is InChI=1S/C23H25N3O4S/c1-15-19-9-8-18(29-23(28)26-10-3-4-11-26)14-21(19)30-22(27)20(15)13-16-6-5-7-17(12-16)25-31-24-2/h5-9,12,14,24-25H,3-4,10-11,13H2,1-2H3. The maximum absolute atomic E-state index is 12.7. The summed E-state index contributed by atoms with van der Waals surface area (Å²) in [7, 11) is 1.84. The van der Waals surface area contributed by atoms with Crippen LogP contribution in [0, 0.1) is 6.92 Å². The Bertz CT molecular complexity index is 1160. The monoisotopic (exact) mass is 439 g/mol. The highest BCUT2D eigenvalue weighted by molar-refractivity contribution is 7.98. The highest BCUT2D eigenvalue weighted by Gasteiger charge is 2.20. The number of anilines is 1. The second-order valence-electron chi connectivity index (χ2n) is 7.50. The summed E-state index contributed by atoms with van der Waals surface area (Å²) in [6.07, 6.45) is 2.10. The Morgan fingerprint density at radius 2 is 2.00 bits per heavy atom. The Morgan fingerprint density at radius 1 is 1.19 bits per heavy atom. The van der Waals surface area contributed by atoms with Crippen molar-refractivity contribution in [2.45, 2.75) is 26.2 Å². The van der Waals surface area contributed by atoms with E-state index in [2.05, 4.69) is 9.44 Å². The molecule has 0 saturated carbocycles. The molecule has 0 spiro atoms. The molecule has 0 unspecified atom stereocenters. The molecule has 0 bridgehead atoms. The van der Waals surface area contributed by atoms with Crippen molar-refractivity contribution in [3.8, 4) is 5.75 Å². The normalized spacial score (nSPS) is 13.5. The van der Waals surface area contributed by atoms with Gasteiger partial charge in [0.05, 0.1) is 0 Å². The molecule has 1 aromatic heterocycles. The quantitative estimate of drug-likeness (QED) is 0.433. The summed E-state index contributed by atoms with van der Waals surface area (Å²) >= 11 is 1.38. The highest BCUT2D eigenvalue weighted by Crippen LogP contribution is 2.26. The van der Waals surface area contributed by atoms with E-state index in [0.717, 1.165) is 35.0 Å². The predicted octanol–water partition coefficient (Wildman–Crippen LogP) is 4.48. The van der Waals surface area contributed by atoms with Crippen molar-refractivity contribution in [2.75, 3.05) is 24.9 Å². The number of carbonyl (C=O) groups is 1. The van der Waals surface area contributed by atoms with Gasteiger partial charge in [-0.05, 0) is 62.2 Å². The number of carbonyl (C=O) groups excluding carboxylic acids is 1. The summed E-state index contributed by atoms with van der Waals surface area (Å²) in [4.78, 5) is 26.7. The Morgan fingerprint density at radius 3 is 2.77 bits per heavy atom. The van der Waals surface area contributed by atoms with E-state index >= 15 is 0 Å². The average molecular weight is 440 g/mol. The second kappa shape index (κ2) is 9.45. The number of likely N-dealkylation sites (tertiary alicyclic amines) is 1. The molecule has 0 radical (unpaired) electrons. The molecule has 8 heteroatoms. The van der Waals surface area contributed by atoms with E-state index in [1.54, 1.807) is 17.0 Å². The summed E-state index contributed by atoms with van der Waals surface area (Å²) in [5.74, 6) is 0.375. The molecular formula is C23H25N3O4S. The van der Waals surface area contributed by atoms with Crippen LogP contribution in [0.3, 0.4) is 0 Å². The smallest absolute Gasteiger partial charge is 0.415 e. The van der Waals surface area contributed by atoms with E-state index in [0.29, 0.717) is 36.4 Å². The van der Waals surface area contributed by atoms with Gasteiger partial charge in [0, 0.05) is 54.3 Å². The molecule has 3 aromatic rings. The second-order valence-corrected chi connectivity index (χ2v) is 8.32. The molecule has 7 nitrogen and oxygen atoms in total. The number of nitrogens with zero attached hydrogens (tertiary/aromatic N) is 1. The van der Waals surface area contributed by atoms with Gasteiger partial charge in [-0.1, -0.05) is 12.1 Å². The number of ether oxygens (including phenoxy) is 1. The van der Waals surface area contributed by atoms with E-state index in [1.165, 1.54) is 12.1 Å². The van der Waals surface area contributed by atoms with E-state index in [-0.39, 0.29) is 11.7 Å². The lowest BCUT2D eigenvalue weighted by Gasteiger charge is -2.15. The molecule has 2 N–H and O–H groups in total. The zero-order valence-corrected chi connectivity index (χ0v) is 18.4. The van der Waals surface area contributed by atoms with Crippen molar-refractivity contribution < 1.29 is 13.9 Å². The van der Waals surface area contributed by atoms with Crippen LogP contribution in [0.15, 0.2) is 51.7 Å². The maximum Gasteiger partial charge on any atom is 0.415 e. The SMILES string of the molecule is CNSNc1cccc(Cc2c(C)c3ccc(OC(=O)N4CCCC4)cc3oc2=O)c1. The van der Waals surface area contributed by atoms with Crippen LogP contribution in [-0.4, -0.2) is 31.1 Å². The first-order valence-corrected chi connectivity index (χ1v) is 11.1. The van der Waals surface area contributed by atoms with Crippen LogP contribution in [0.1, 0.15) is 29.5 Å². The topological polar surface area (TPSA) is 83.8 Å². The van der Waals surface area contributed by atoms with Crippen LogP contribution in [0.25, 0.3) is 11.0 Å². The van der Waals surface area contributed by atoms with Gasteiger partial charge in [0.25, 0.3) is 0 Å². The predicted molar refractivity (Wildman–Crippen MR) is 124 cm³/mol. The zero-order valence-electron chi connectivity index (χ0n) is 17.6. The fraction of sp³-hybridized carbons (Fsp3) is 0.304. The van der Waals surface area contributed by atoms with Gasteiger partial charge in [0.1, 0.15) is 11.3 Å². The summed E-state index contributed by atoms with van der Waals surface area (Å²) < 4.78 is 17.2. The molecule has 0 atom stereocenters. The van der Waals surface area contributed by atoms with Crippen molar-refractivity contribution in [3.05, 3.63) is 69.6 Å². The van der Waals surface area contributed by atoms with Crippen LogP contribution in [-0.2, 0) is 6.42 Å². The van der Waals surface area contributed by atoms with Crippen molar-refractivity contribution in [3.63, 3.8) is 0 Å². The van der Waals surface area contributed by atoms with Crippen LogP contribution in [0.5, 0.6) is 5.75 Å². The minimum Gasteiger partial charge on any atom is -0.422 e. The van der Waals surface area contributed by atoms with Gasteiger partial charge in [-0.15, -0.1) is 0 Å². The molecular weight excluding hydrogens is 414 g/mol. The summed E-state index contributed by atoms with van der Waals surface area (Å²) in [6, 6.07) is 13.1. The minimum absolute atomic E-state index is 0.363. The molecule has 1 amide bonds. The number of hydrogen-bond donors (Lipinski definition) is 2. The average Bonchev–Trinajstić information content (AvgIpc) is 3.30. The minimum atomic E-state index is -0.379. The summed E-state index contributed by atoms with van der Waals surface area (Å²) in [5, 5.41) is 0.829. The fourth-order valence-electron chi connectivity index (χ4n) is 3.77. The lowest BCUT2D eigenvalue weighted by atomic mass is 9.99. The van der Waals surface area contributed by atoms with Crippen LogP contribution < -0.4 is 19.8 Å². The lowest BCUT2D eigenvalue weighted by molar-refractivity contribution is 0.163. The number of fused-ring (bicyclic) bond motifs is 1. The van der Waals surface area contributed by atoms with Gasteiger partial charge < -0.3 is 18.8 Å². The number of nitrogens with one attached hydrogen (secondary N) is 2. The largest absolute Gasteiger partial charge is 0.422 e. The molecule has 1 aliphatic heterocycles. The molecule has 4 rings (SSSR count). The summed E-state index contributed by atoms with van der Waals surface area (Å²) in [6.45, 7) is 3.35. The van der Waals surface area contributed by atoms with Gasteiger partial charge >= 0.3 is 11.7 Å². The van der Waals surface area contributed by atoms with E-state index in [1.807, 2.05) is 44.3 Å². The molecule has 31 heavy (non-hydrogen) atoms. The zero-order chi connectivity index (χ0) is 21.8. The van der Waals surface area contributed by atoms with Crippen molar-refractivity contribution in [1.29, 1.82) is 0 Å². The Kier molecular flexibility index (Phi) is 6.48. The number of amides is 1. The number of rotatable bonds is 6. The van der Waals surface area contributed by atoms with Crippen LogP contribution in [0.4, 0.5) is 10.5 Å². The van der Waals surface area contributed by atoms with E-state index in [4.69, 9.17) is 9.15 Å². The van der Waals surface area contributed by atoms with Gasteiger partial charge in [-0.25, -0.2) is 14.3 Å². The molecule has 1 fully saturated rings. The van der Waals surface area contributed by atoms with Gasteiger partial charge in [-0.3, -0.25) is 0 Å². The molecule has 0 aliphatic carbocycles. The van der Waals surface area contributed by atoms with Gasteiger partial charge in [0.2, 0.25) is 0 Å². The first kappa shape index (κ1) is 21.3. The number of aryl methyl sites for hydroxylation is 1. The first-order valence-electron chi connectivity index (χ1n) is 10.3. The molecule has 1 aliphatic rings. The first-order chi connectivity index (χ1) is 15.0. The number of benzene rings is 2. The van der Waals surface area contributed by atoms with Crippen molar-refractivity contribution in [2.24, 2.45) is 0 Å². The third kappa shape index (κ3) is 4.86. The van der Waals surface area contributed by atoms with Crippen molar-refractivity contribution in [1.82, 2.24) is 9.62 Å². The van der Waals surface area contributed by atoms with Crippen LogP contribution >= 0.6 is 12.1 Å². The molecule has 162 valence electrons.